The maximum Gasteiger partial charge on any atom is 0.379 e. The second kappa shape index (κ2) is 8.02. The van der Waals surface area contributed by atoms with Crippen LogP contribution in [0.25, 0.3) is 0 Å². The lowest BCUT2D eigenvalue weighted by Gasteiger charge is -2.29. The normalized spacial score (nSPS) is 15.9. The molecule has 0 atom stereocenters. The largest absolute Gasteiger partial charge is 0.465 e. The summed E-state index contributed by atoms with van der Waals surface area (Å²) in [6, 6.07) is 5.21. The highest BCUT2D eigenvalue weighted by Gasteiger charge is 2.36. The highest BCUT2D eigenvalue weighted by atomic mass is 16.5. The Kier molecular flexibility index (Phi) is 5.64. The smallest absolute Gasteiger partial charge is 0.379 e. The minimum atomic E-state index is -0.774. The number of benzene rings is 1. The summed E-state index contributed by atoms with van der Waals surface area (Å²) in [6.07, 6.45) is 1.17. The van der Waals surface area contributed by atoms with E-state index in [0.29, 0.717) is 41.0 Å². The maximum atomic E-state index is 12.7. The third-order valence-corrected chi connectivity index (χ3v) is 4.77. The fourth-order valence-corrected chi connectivity index (χ4v) is 3.46. The molecule has 1 aliphatic rings. The number of urea groups is 1. The zero-order valence-electron chi connectivity index (χ0n) is 17.2. The van der Waals surface area contributed by atoms with E-state index in [0.717, 1.165) is 0 Å². The van der Waals surface area contributed by atoms with Crippen molar-refractivity contribution in [1.29, 1.82) is 0 Å². The number of carbonyl (C=O) groups excluding carboxylic acids is 3. The number of methoxy groups -OCH3 is 1. The Hall–Kier alpha value is -3.62. The quantitative estimate of drug-likeness (QED) is 0.450. The zero-order valence-corrected chi connectivity index (χ0v) is 17.2. The van der Waals surface area contributed by atoms with Gasteiger partial charge < -0.3 is 19.6 Å². The van der Waals surface area contributed by atoms with Crippen LogP contribution in [0.15, 0.2) is 33.8 Å². The molecule has 2 amide bonds. The number of nitrogens with zero attached hydrogens (tertiary/aromatic N) is 1. The molecule has 30 heavy (non-hydrogen) atoms. The Balaban J connectivity index is 1.89. The van der Waals surface area contributed by atoms with Crippen LogP contribution in [-0.4, -0.2) is 30.8 Å². The summed E-state index contributed by atoms with van der Waals surface area (Å²) in [5.41, 5.74) is 9.37. The summed E-state index contributed by atoms with van der Waals surface area (Å²) in [7, 11) is 1.29. The van der Waals surface area contributed by atoms with Gasteiger partial charge >= 0.3 is 18.0 Å². The van der Waals surface area contributed by atoms with Crippen molar-refractivity contribution < 1.29 is 28.3 Å². The van der Waals surface area contributed by atoms with Crippen LogP contribution >= 0.6 is 0 Å². The van der Waals surface area contributed by atoms with Crippen LogP contribution in [0.3, 0.4) is 0 Å². The Morgan fingerprint density at radius 3 is 2.40 bits per heavy atom. The third-order valence-electron chi connectivity index (χ3n) is 4.77. The average Bonchev–Trinajstić information content (AvgIpc) is 3.01. The number of nitrogens with one attached hydrogen (secondary N) is 1. The van der Waals surface area contributed by atoms with Gasteiger partial charge in [-0.2, -0.15) is 5.10 Å². The SMILES string of the molecule is COC(=O)c1ccc(OC(=O)c2oc3c(c2C)/C(=N\NC(N)=O)CC(C)(C)C3)cc1. The van der Waals surface area contributed by atoms with E-state index in [9.17, 15) is 14.4 Å². The second-order valence-electron chi connectivity index (χ2n) is 7.81. The van der Waals surface area contributed by atoms with Crippen molar-refractivity contribution in [3.63, 3.8) is 0 Å². The van der Waals surface area contributed by atoms with Gasteiger partial charge in [-0.1, -0.05) is 13.8 Å². The summed E-state index contributed by atoms with van der Waals surface area (Å²) in [5, 5.41) is 4.11. The predicted octanol–water partition coefficient (Wildman–Crippen LogP) is 2.94. The van der Waals surface area contributed by atoms with E-state index in [1.165, 1.54) is 31.4 Å². The molecular weight excluding hydrogens is 390 g/mol. The van der Waals surface area contributed by atoms with Crippen molar-refractivity contribution in [3.8, 4) is 5.75 Å². The lowest BCUT2D eigenvalue weighted by Crippen LogP contribution is -2.31. The van der Waals surface area contributed by atoms with Crippen molar-refractivity contribution in [3.05, 3.63) is 52.5 Å². The molecule has 9 nitrogen and oxygen atoms in total. The van der Waals surface area contributed by atoms with Crippen LogP contribution in [0.2, 0.25) is 0 Å². The molecule has 0 bridgehead atoms. The first kappa shape index (κ1) is 21.1. The summed E-state index contributed by atoms with van der Waals surface area (Å²) in [5.74, 6) is -0.247. The van der Waals surface area contributed by atoms with Gasteiger partial charge in [0.25, 0.3) is 0 Å². The van der Waals surface area contributed by atoms with E-state index in [1.54, 1.807) is 6.92 Å². The minimum absolute atomic E-state index is 0.0570. The number of nitrogens with two attached hydrogens (primary N) is 1. The number of esters is 2. The molecule has 1 aromatic heterocycles. The zero-order chi connectivity index (χ0) is 22.1. The predicted molar refractivity (Wildman–Crippen MR) is 108 cm³/mol. The number of hydrogen-bond acceptors (Lipinski definition) is 7. The highest BCUT2D eigenvalue weighted by Crippen LogP contribution is 2.39. The van der Waals surface area contributed by atoms with Gasteiger partial charge in [0.1, 0.15) is 11.5 Å². The molecule has 1 aliphatic carbocycles. The van der Waals surface area contributed by atoms with Crippen molar-refractivity contribution >= 4 is 23.7 Å². The first-order valence-electron chi connectivity index (χ1n) is 9.26. The monoisotopic (exact) mass is 413 g/mol. The second-order valence-corrected chi connectivity index (χ2v) is 7.81. The van der Waals surface area contributed by atoms with E-state index >= 15 is 0 Å². The van der Waals surface area contributed by atoms with Crippen LogP contribution in [0.1, 0.15) is 58.1 Å². The Bertz CT molecular complexity index is 1030. The van der Waals surface area contributed by atoms with Crippen LogP contribution < -0.4 is 15.9 Å². The molecule has 0 aliphatic heterocycles. The molecule has 2 aromatic rings. The summed E-state index contributed by atoms with van der Waals surface area (Å²) >= 11 is 0. The Morgan fingerprint density at radius 1 is 1.13 bits per heavy atom. The number of fused-ring (bicyclic) bond motifs is 1. The third kappa shape index (κ3) is 4.35. The van der Waals surface area contributed by atoms with Gasteiger partial charge in [0, 0.05) is 17.5 Å². The molecule has 1 heterocycles. The molecule has 3 rings (SSSR count). The number of ether oxygens (including phenoxy) is 2. The number of hydrazone groups is 1. The van der Waals surface area contributed by atoms with Crippen LogP contribution in [0, 0.1) is 12.3 Å². The van der Waals surface area contributed by atoms with Gasteiger partial charge in [0.05, 0.1) is 18.4 Å². The molecular formula is C21H23N3O6. The van der Waals surface area contributed by atoms with Gasteiger partial charge in [-0.15, -0.1) is 0 Å². The van der Waals surface area contributed by atoms with Crippen LogP contribution in [-0.2, 0) is 11.2 Å². The van der Waals surface area contributed by atoms with Crippen molar-refractivity contribution in [2.24, 2.45) is 16.3 Å². The van der Waals surface area contributed by atoms with Crippen LogP contribution in [0.5, 0.6) is 5.75 Å². The molecule has 3 N–H and O–H groups in total. The van der Waals surface area contributed by atoms with E-state index < -0.39 is 18.0 Å². The summed E-state index contributed by atoms with van der Waals surface area (Å²) in [4.78, 5) is 35.3. The van der Waals surface area contributed by atoms with E-state index in [1.807, 2.05) is 13.8 Å². The Morgan fingerprint density at radius 2 is 1.80 bits per heavy atom. The standard InChI is InChI=1S/C21H23N3O6/c1-11-16-14(23-24-20(22)27)9-21(2,3)10-15(16)30-17(11)19(26)29-13-7-5-12(6-8-13)18(25)28-4/h5-8H,9-10H2,1-4H3,(H3,22,24,27)/b23-14-. The first-order chi connectivity index (χ1) is 14.1. The van der Waals surface area contributed by atoms with Gasteiger partial charge in [0.15, 0.2) is 0 Å². The van der Waals surface area contributed by atoms with E-state index in [-0.39, 0.29) is 16.9 Å². The maximum absolute atomic E-state index is 12.7. The number of primary amides is 1. The number of amides is 2. The summed E-state index contributed by atoms with van der Waals surface area (Å²) in [6.45, 7) is 5.81. The fraction of sp³-hybridized carbons (Fsp3) is 0.333. The molecule has 0 unspecified atom stereocenters. The van der Waals surface area contributed by atoms with Crippen molar-refractivity contribution in [2.75, 3.05) is 7.11 Å². The van der Waals surface area contributed by atoms with E-state index in [4.69, 9.17) is 14.9 Å². The lowest BCUT2D eigenvalue weighted by atomic mass is 9.75. The topological polar surface area (TPSA) is 133 Å². The molecule has 0 fully saturated rings. The number of hydrogen-bond donors (Lipinski definition) is 2. The lowest BCUT2D eigenvalue weighted by molar-refractivity contribution is 0.0600. The van der Waals surface area contributed by atoms with Crippen LogP contribution in [0.4, 0.5) is 4.79 Å². The molecule has 1 aromatic carbocycles. The fourth-order valence-electron chi connectivity index (χ4n) is 3.46. The van der Waals surface area contributed by atoms with E-state index in [2.05, 4.69) is 15.3 Å². The molecule has 0 spiro atoms. The first-order valence-corrected chi connectivity index (χ1v) is 9.26. The van der Waals surface area contributed by atoms with Gasteiger partial charge in [-0.05, 0) is 43.0 Å². The number of furan rings is 1. The highest BCUT2D eigenvalue weighted by molar-refractivity contribution is 6.06. The molecule has 158 valence electrons. The van der Waals surface area contributed by atoms with Gasteiger partial charge in [-0.25, -0.2) is 19.8 Å². The van der Waals surface area contributed by atoms with Gasteiger partial charge in [-0.3, -0.25) is 0 Å². The average molecular weight is 413 g/mol. The summed E-state index contributed by atoms with van der Waals surface area (Å²) < 4.78 is 15.9. The minimum Gasteiger partial charge on any atom is -0.465 e. The molecule has 0 saturated carbocycles. The number of rotatable bonds is 4. The number of carbonyl (C=O) groups is 3. The molecule has 0 radical (unpaired) electrons. The van der Waals surface area contributed by atoms with Gasteiger partial charge in [0.2, 0.25) is 5.76 Å². The molecule has 9 heteroatoms. The van der Waals surface area contributed by atoms with Crippen molar-refractivity contribution in [2.45, 2.75) is 33.6 Å². The van der Waals surface area contributed by atoms with Crippen molar-refractivity contribution in [1.82, 2.24) is 5.43 Å². The molecule has 0 saturated heterocycles. The Labute approximate surface area is 173 Å².